The Labute approximate surface area is 146 Å². The molecule has 0 atom stereocenters. The molecule has 1 aromatic heterocycles. The summed E-state index contributed by atoms with van der Waals surface area (Å²) in [4.78, 5) is 6.45. The summed E-state index contributed by atoms with van der Waals surface area (Å²) in [7, 11) is 0. The maximum Gasteiger partial charge on any atom is 0.140 e. The Hall–Kier alpha value is -2.46. The first-order valence-corrected chi connectivity index (χ1v) is 8.39. The van der Waals surface area contributed by atoms with E-state index in [9.17, 15) is 5.11 Å². The molecule has 0 aliphatic rings. The number of anilines is 3. The summed E-state index contributed by atoms with van der Waals surface area (Å²) in [5.74, 6) is 0.269. The van der Waals surface area contributed by atoms with Crippen LogP contribution < -0.4 is 10.2 Å². The number of halogens is 1. The van der Waals surface area contributed by atoms with Gasteiger partial charge in [0.05, 0.1) is 11.2 Å². The lowest BCUT2D eigenvalue weighted by molar-refractivity contribution is 0.474. The van der Waals surface area contributed by atoms with Crippen LogP contribution in [0.3, 0.4) is 0 Å². The van der Waals surface area contributed by atoms with Crippen LogP contribution in [0.1, 0.15) is 13.8 Å². The summed E-state index contributed by atoms with van der Waals surface area (Å²) in [5.41, 5.74) is 3.42. The minimum absolute atomic E-state index is 0.269. The smallest absolute Gasteiger partial charge is 0.140 e. The van der Waals surface area contributed by atoms with Gasteiger partial charge in [-0.2, -0.15) is 0 Å². The van der Waals surface area contributed by atoms with Crippen LogP contribution in [0.5, 0.6) is 5.75 Å². The minimum Gasteiger partial charge on any atom is -0.506 e. The van der Waals surface area contributed by atoms with Gasteiger partial charge in [-0.1, -0.05) is 11.6 Å². The van der Waals surface area contributed by atoms with Crippen molar-refractivity contribution < 1.29 is 5.11 Å². The molecule has 0 saturated carbocycles. The Bertz CT molecular complexity index is 862. The molecular weight excluding hydrogens is 322 g/mol. The molecule has 5 heteroatoms. The molecule has 0 spiro atoms. The zero-order valence-electron chi connectivity index (χ0n) is 13.8. The number of nitrogens with one attached hydrogen (secondary N) is 1. The normalized spacial score (nSPS) is 10.8. The van der Waals surface area contributed by atoms with Gasteiger partial charge in [-0.25, -0.2) is 0 Å². The number of benzene rings is 2. The van der Waals surface area contributed by atoms with Crippen molar-refractivity contribution in [1.82, 2.24) is 4.98 Å². The molecule has 124 valence electrons. The second-order valence-electron chi connectivity index (χ2n) is 5.52. The van der Waals surface area contributed by atoms with Crippen molar-refractivity contribution in [1.29, 1.82) is 0 Å². The number of phenols is 1. The second-order valence-corrected chi connectivity index (χ2v) is 5.96. The molecule has 3 aromatic rings. The summed E-state index contributed by atoms with van der Waals surface area (Å²) in [6.45, 7) is 5.85. The van der Waals surface area contributed by atoms with Crippen molar-refractivity contribution in [3.63, 3.8) is 0 Å². The molecule has 0 fully saturated rings. The number of fused-ring (bicyclic) bond motifs is 1. The lowest BCUT2D eigenvalue weighted by Gasteiger charge is -2.22. The highest BCUT2D eigenvalue weighted by atomic mass is 35.5. The summed E-state index contributed by atoms with van der Waals surface area (Å²) in [6, 6.07) is 13.2. The van der Waals surface area contributed by atoms with Crippen LogP contribution in [0.2, 0.25) is 5.02 Å². The van der Waals surface area contributed by atoms with Gasteiger partial charge < -0.3 is 15.3 Å². The fourth-order valence-electron chi connectivity index (χ4n) is 2.82. The van der Waals surface area contributed by atoms with Crippen LogP contribution in [0.4, 0.5) is 17.1 Å². The van der Waals surface area contributed by atoms with Crippen LogP contribution in [0, 0.1) is 0 Å². The predicted octanol–water partition coefficient (Wildman–Crippen LogP) is 5.18. The number of phenolic OH excluding ortho intramolecular Hbond substituents is 1. The van der Waals surface area contributed by atoms with Crippen molar-refractivity contribution in [2.75, 3.05) is 23.3 Å². The van der Waals surface area contributed by atoms with Gasteiger partial charge in [-0.05, 0) is 50.2 Å². The van der Waals surface area contributed by atoms with E-state index in [1.165, 1.54) is 0 Å². The molecule has 2 N–H and O–H groups in total. The molecule has 0 amide bonds. The number of nitrogens with zero attached hydrogens (tertiary/aromatic N) is 2. The van der Waals surface area contributed by atoms with Crippen LogP contribution in [0.15, 0.2) is 48.7 Å². The van der Waals surface area contributed by atoms with Crippen molar-refractivity contribution in [2.45, 2.75) is 13.8 Å². The Morgan fingerprint density at radius 3 is 2.58 bits per heavy atom. The molecule has 0 radical (unpaired) electrons. The third-order valence-electron chi connectivity index (χ3n) is 4.06. The van der Waals surface area contributed by atoms with Gasteiger partial charge >= 0.3 is 0 Å². The van der Waals surface area contributed by atoms with Gasteiger partial charge in [0, 0.05) is 47.1 Å². The Morgan fingerprint density at radius 2 is 1.88 bits per heavy atom. The molecule has 0 saturated heterocycles. The van der Waals surface area contributed by atoms with E-state index >= 15 is 0 Å². The molecular formula is C19H20ClN3O. The van der Waals surface area contributed by atoms with Crippen LogP contribution in [-0.2, 0) is 0 Å². The van der Waals surface area contributed by atoms with Crippen molar-refractivity contribution in [3.8, 4) is 5.75 Å². The van der Waals surface area contributed by atoms with Gasteiger partial charge in [0.2, 0.25) is 0 Å². The highest BCUT2D eigenvalue weighted by Crippen LogP contribution is 2.33. The van der Waals surface area contributed by atoms with E-state index in [4.69, 9.17) is 11.6 Å². The lowest BCUT2D eigenvalue weighted by atomic mass is 10.1. The highest BCUT2D eigenvalue weighted by Gasteiger charge is 2.09. The summed E-state index contributed by atoms with van der Waals surface area (Å²) in [5, 5.41) is 15.3. The van der Waals surface area contributed by atoms with Crippen molar-refractivity contribution in [3.05, 3.63) is 53.7 Å². The van der Waals surface area contributed by atoms with Gasteiger partial charge in [-0.15, -0.1) is 0 Å². The number of aromatic nitrogens is 1. The van der Waals surface area contributed by atoms with Crippen LogP contribution in [-0.4, -0.2) is 23.2 Å². The molecule has 24 heavy (non-hydrogen) atoms. The first kappa shape index (κ1) is 16.4. The van der Waals surface area contributed by atoms with E-state index in [-0.39, 0.29) is 5.75 Å². The SMILES string of the molecule is CCN(CC)c1ccc(Nc2ccnc3cc(Cl)ccc23)cc1O. The molecule has 2 aromatic carbocycles. The Balaban J connectivity index is 1.93. The first-order valence-electron chi connectivity index (χ1n) is 8.01. The van der Waals surface area contributed by atoms with E-state index in [1.54, 1.807) is 12.3 Å². The maximum absolute atomic E-state index is 10.3. The van der Waals surface area contributed by atoms with E-state index < -0.39 is 0 Å². The summed E-state index contributed by atoms with van der Waals surface area (Å²) < 4.78 is 0. The third-order valence-corrected chi connectivity index (χ3v) is 4.30. The maximum atomic E-state index is 10.3. The molecule has 3 rings (SSSR count). The largest absolute Gasteiger partial charge is 0.506 e. The third kappa shape index (κ3) is 3.24. The fourth-order valence-corrected chi connectivity index (χ4v) is 2.98. The Kier molecular flexibility index (Phi) is 4.76. The molecule has 0 aliphatic heterocycles. The van der Waals surface area contributed by atoms with Crippen LogP contribution >= 0.6 is 11.6 Å². The molecule has 0 unspecified atom stereocenters. The monoisotopic (exact) mass is 341 g/mol. The second kappa shape index (κ2) is 6.97. The first-order chi connectivity index (χ1) is 11.6. The van der Waals surface area contributed by atoms with Gasteiger partial charge in [0.25, 0.3) is 0 Å². The quantitative estimate of drug-likeness (QED) is 0.671. The molecule has 4 nitrogen and oxygen atoms in total. The summed E-state index contributed by atoms with van der Waals surface area (Å²) in [6.07, 6.45) is 1.74. The highest BCUT2D eigenvalue weighted by molar-refractivity contribution is 6.31. The average Bonchev–Trinajstić information content (AvgIpc) is 2.57. The molecule has 0 aliphatic carbocycles. The van der Waals surface area contributed by atoms with Crippen LogP contribution in [0.25, 0.3) is 10.9 Å². The van der Waals surface area contributed by atoms with E-state index in [0.29, 0.717) is 5.02 Å². The lowest BCUT2D eigenvalue weighted by Crippen LogP contribution is -2.21. The number of pyridine rings is 1. The minimum atomic E-state index is 0.269. The van der Waals surface area contributed by atoms with Gasteiger partial charge in [0.1, 0.15) is 5.75 Å². The molecule has 0 bridgehead atoms. The number of rotatable bonds is 5. The van der Waals surface area contributed by atoms with E-state index in [2.05, 4.69) is 29.0 Å². The van der Waals surface area contributed by atoms with Gasteiger partial charge in [0.15, 0.2) is 0 Å². The number of hydrogen-bond acceptors (Lipinski definition) is 4. The zero-order valence-corrected chi connectivity index (χ0v) is 14.5. The fraction of sp³-hybridized carbons (Fsp3) is 0.211. The van der Waals surface area contributed by atoms with Crippen molar-refractivity contribution in [2.24, 2.45) is 0 Å². The number of aromatic hydroxyl groups is 1. The molecule has 1 heterocycles. The zero-order chi connectivity index (χ0) is 17.1. The standard InChI is InChI=1S/C19H20ClN3O/c1-3-23(4-2)18-8-6-14(12-19(18)24)22-16-9-10-21-17-11-13(20)5-7-15(16)17/h5-12,24H,3-4H2,1-2H3,(H,21,22). The van der Waals surface area contributed by atoms with Gasteiger partial charge in [-0.3, -0.25) is 4.98 Å². The van der Waals surface area contributed by atoms with Crippen molar-refractivity contribution >= 4 is 39.6 Å². The average molecular weight is 342 g/mol. The predicted molar refractivity (Wildman–Crippen MR) is 102 cm³/mol. The topological polar surface area (TPSA) is 48.4 Å². The summed E-state index contributed by atoms with van der Waals surface area (Å²) >= 11 is 6.03. The number of hydrogen-bond donors (Lipinski definition) is 2. The Morgan fingerprint density at radius 1 is 1.08 bits per heavy atom. The van der Waals surface area contributed by atoms with E-state index in [1.807, 2.05) is 36.4 Å². The van der Waals surface area contributed by atoms with E-state index in [0.717, 1.165) is 41.1 Å².